The number of rotatable bonds is 4. The van der Waals surface area contributed by atoms with E-state index in [9.17, 15) is 22.8 Å². The number of ether oxygens (including phenoxy) is 1. The highest BCUT2D eigenvalue weighted by molar-refractivity contribution is 5.78. The zero-order valence-corrected chi connectivity index (χ0v) is 15.0. The lowest BCUT2D eigenvalue weighted by Gasteiger charge is -2.29. The molecule has 144 valence electrons. The molecule has 1 N–H and O–H groups in total. The van der Waals surface area contributed by atoms with Crippen LogP contribution in [0.25, 0.3) is 0 Å². The van der Waals surface area contributed by atoms with E-state index < -0.39 is 29.5 Å². The molecule has 0 radical (unpaired) electrons. The van der Waals surface area contributed by atoms with Crippen LogP contribution in [0.2, 0.25) is 0 Å². The highest BCUT2D eigenvalue weighted by atomic mass is 19.4. The number of alkyl halides is 3. The molecule has 0 saturated carbocycles. The fraction of sp³-hybridized carbons (Fsp3) is 0.556. The summed E-state index contributed by atoms with van der Waals surface area (Å²) in [6, 6.07) is 4.15. The first-order valence-electron chi connectivity index (χ1n) is 8.41. The van der Waals surface area contributed by atoms with Crippen LogP contribution in [-0.4, -0.2) is 35.6 Å². The number of amides is 2. The molecule has 0 aliphatic carbocycles. The highest BCUT2D eigenvalue weighted by Crippen LogP contribution is 2.33. The Morgan fingerprint density at radius 2 is 2.00 bits per heavy atom. The quantitative estimate of drug-likeness (QED) is 0.872. The van der Waals surface area contributed by atoms with Crippen molar-refractivity contribution in [2.75, 3.05) is 13.1 Å². The Morgan fingerprint density at radius 3 is 2.54 bits per heavy atom. The summed E-state index contributed by atoms with van der Waals surface area (Å²) < 4.78 is 44.2. The van der Waals surface area contributed by atoms with Gasteiger partial charge in [-0.15, -0.1) is 0 Å². The number of nitrogens with zero attached hydrogens (tertiary/aromatic N) is 1. The summed E-state index contributed by atoms with van der Waals surface area (Å²) >= 11 is 0. The van der Waals surface area contributed by atoms with Gasteiger partial charge in [-0.05, 0) is 44.9 Å². The lowest BCUT2D eigenvalue weighted by atomic mass is 10.0. The molecule has 1 aliphatic rings. The Labute approximate surface area is 150 Å². The second-order valence-corrected chi connectivity index (χ2v) is 7.21. The van der Waals surface area contributed by atoms with Crippen LogP contribution >= 0.6 is 0 Å². The van der Waals surface area contributed by atoms with E-state index in [1.807, 2.05) is 0 Å². The maximum Gasteiger partial charge on any atom is 0.416 e. The third-order valence-corrected chi connectivity index (χ3v) is 3.92. The van der Waals surface area contributed by atoms with E-state index in [-0.39, 0.29) is 12.5 Å². The van der Waals surface area contributed by atoms with Crippen molar-refractivity contribution in [2.24, 2.45) is 0 Å². The van der Waals surface area contributed by atoms with Crippen LogP contribution in [0.15, 0.2) is 24.3 Å². The molecule has 1 aromatic rings. The molecule has 1 atom stereocenters. The molecule has 26 heavy (non-hydrogen) atoms. The van der Waals surface area contributed by atoms with Gasteiger partial charge in [0.25, 0.3) is 0 Å². The van der Waals surface area contributed by atoms with E-state index in [2.05, 4.69) is 5.32 Å². The zero-order valence-electron chi connectivity index (χ0n) is 15.0. The molecule has 1 saturated heterocycles. The molecule has 2 rings (SSSR count). The van der Waals surface area contributed by atoms with E-state index in [0.29, 0.717) is 24.9 Å². The van der Waals surface area contributed by atoms with Crippen molar-refractivity contribution in [1.29, 1.82) is 0 Å². The van der Waals surface area contributed by atoms with Crippen LogP contribution in [0.3, 0.4) is 0 Å². The number of hydrogen-bond donors (Lipinski definition) is 1. The van der Waals surface area contributed by atoms with Gasteiger partial charge < -0.3 is 15.0 Å². The number of carbonyl (C=O) groups excluding carboxylic acids is 2. The van der Waals surface area contributed by atoms with Crippen molar-refractivity contribution in [1.82, 2.24) is 10.2 Å². The molecule has 1 fully saturated rings. The van der Waals surface area contributed by atoms with Crippen molar-refractivity contribution in [3.8, 4) is 0 Å². The van der Waals surface area contributed by atoms with E-state index >= 15 is 0 Å². The molecule has 1 aliphatic heterocycles. The van der Waals surface area contributed by atoms with Gasteiger partial charge in [-0.25, -0.2) is 4.79 Å². The van der Waals surface area contributed by atoms with Gasteiger partial charge in [-0.3, -0.25) is 4.79 Å². The summed E-state index contributed by atoms with van der Waals surface area (Å²) in [5.74, 6) is -0.140. The SMILES string of the molecule is CC(C)(C)OC(=O)NC[C@@H](c1cccc(C(F)(F)F)c1)N1CCCC1=O. The van der Waals surface area contributed by atoms with Crippen molar-refractivity contribution < 1.29 is 27.5 Å². The lowest BCUT2D eigenvalue weighted by molar-refractivity contribution is -0.137. The summed E-state index contributed by atoms with van der Waals surface area (Å²) in [7, 11) is 0. The van der Waals surface area contributed by atoms with Crippen LogP contribution in [-0.2, 0) is 15.7 Å². The minimum absolute atomic E-state index is 0.0258. The van der Waals surface area contributed by atoms with Crippen LogP contribution in [0.5, 0.6) is 0 Å². The molecular weight excluding hydrogens is 349 g/mol. The lowest BCUT2D eigenvalue weighted by Crippen LogP contribution is -2.40. The van der Waals surface area contributed by atoms with Gasteiger partial charge in [-0.2, -0.15) is 13.2 Å². The average molecular weight is 372 g/mol. The molecule has 2 amide bonds. The first kappa shape index (κ1) is 20.1. The largest absolute Gasteiger partial charge is 0.444 e. The van der Waals surface area contributed by atoms with Crippen LogP contribution in [0.4, 0.5) is 18.0 Å². The number of hydrogen-bond acceptors (Lipinski definition) is 3. The van der Waals surface area contributed by atoms with E-state index in [0.717, 1.165) is 12.1 Å². The number of nitrogens with one attached hydrogen (secondary N) is 1. The molecule has 0 aromatic heterocycles. The number of likely N-dealkylation sites (tertiary alicyclic amines) is 1. The zero-order chi connectivity index (χ0) is 19.5. The van der Waals surface area contributed by atoms with Crippen molar-refractivity contribution in [3.05, 3.63) is 35.4 Å². The molecule has 1 aromatic carbocycles. The molecule has 8 heteroatoms. The first-order valence-corrected chi connectivity index (χ1v) is 8.41. The normalized spacial score (nSPS) is 16.5. The van der Waals surface area contributed by atoms with Gasteiger partial charge >= 0.3 is 12.3 Å². The Balaban J connectivity index is 2.22. The number of benzene rings is 1. The fourth-order valence-electron chi connectivity index (χ4n) is 2.82. The van der Waals surface area contributed by atoms with Crippen LogP contribution < -0.4 is 5.32 Å². The van der Waals surface area contributed by atoms with Crippen molar-refractivity contribution in [2.45, 2.75) is 51.4 Å². The van der Waals surface area contributed by atoms with Crippen molar-refractivity contribution >= 4 is 12.0 Å². The second kappa shape index (κ2) is 7.55. The topological polar surface area (TPSA) is 58.6 Å². The van der Waals surface area contributed by atoms with E-state index in [1.165, 1.54) is 17.0 Å². The van der Waals surface area contributed by atoms with Crippen molar-refractivity contribution in [3.63, 3.8) is 0 Å². The van der Waals surface area contributed by atoms with Gasteiger partial charge in [0.1, 0.15) is 5.60 Å². The van der Waals surface area contributed by atoms with E-state index in [4.69, 9.17) is 4.74 Å². The number of halogens is 3. The Morgan fingerprint density at radius 1 is 1.31 bits per heavy atom. The molecule has 0 spiro atoms. The van der Waals surface area contributed by atoms with Gasteiger partial charge in [0, 0.05) is 19.5 Å². The summed E-state index contributed by atoms with van der Waals surface area (Å²) in [5, 5.41) is 2.56. The Kier molecular flexibility index (Phi) is 5.83. The highest BCUT2D eigenvalue weighted by Gasteiger charge is 2.34. The predicted octanol–water partition coefficient (Wildman–Crippen LogP) is 3.89. The molecule has 1 heterocycles. The summed E-state index contributed by atoms with van der Waals surface area (Å²) in [6.45, 7) is 5.54. The van der Waals surface area contributed by atoms with Gasteiger partial charge in [0.2, 0.25) is 5.91 Å². The van der Waals surface area contributed by atoms with Gasteiger partial charge in [0.05, 0.1) is 11.6 Å². The summed E-state index contributed by atoms with van der Waals surface area (Å²) in [4.78, 5) is 25.5. The predicted molar refractivity (Wildman–Crippen MR) is 89.4 cm³/mol. The third kappa shape index (κ3) is 5.37. The van der Waals surface area contributed by atoms with Crippen LogP contribution in [0, 0.1) is 0 Å². The summed E-state index contributed by atoms with van der Waals surface area (Å²) in [5.41, 5.74) is -1.16. The maximum absolute atomic E-state index is 13.0. The average Bonchev–Trinajstić information content (AvgIpc) is 2.91. The van der Waals surface area contributed by atoms with Gasteiger partial charge in [-0.1, -0.05) is 12.1 Å². The smallest absolute Gasteiger partial charge is 0.416 e. The maximum atomic E-state index is 13.0. The second-order valence-electron chi connectivity index (χ2n) is 7.21. The molecular formula is C18H23F3N2O3. The molecule has 5 nitrogen and oxygen atoms in total. The monoisotopic (exact) mass is 372 g/mol. The number of alkyl carbamates (subject to hydrolysis) is 1. The standard InChI is InChI=1S/C18H23F3N2O3/c1-17(2,3)26-16(25)22-11-14(23-9-5-8-15(23)24)12-6-4-7-13(10-12)18(19,20)21/h4,6-7,10,14H,5,8-9,11H2,1-3H3,(H,22,25)/t14-/m0/s1. The Bertz CT molecular complexity index is 668. The minimum atomic E-state index is -4.48. The fourth-order valence-corrected chi connectivity index (χ4v) is 2.82. The number of carbonyl (C=O) groups is 2. The third-order valence-electron chi connectivity index (χ3n) is 3.92. The van der Waals surface area contributed by atoms with Crippen LogP contribution in [0.1, 0.15) is 50.8 Å². The minimum Gasteiger partial charge on any atom is -0.444 e. The van der Waals surface area contributed by atoms with E-state index in [1.54, 1.807) is 20.8 Å². The first-order chi connectivity index (χ1) is 12.0. The molecule has 0 bridgehead atoms. The molecule has 0 unspecified atom stereocenters. The Hall–Kier alpha value is -2.25. The van der Waals surface area contributed by atoms with Gasteiger partial charge in [0.15, 0.2) is 0 Å². The summed E-state index contributed by atoms with van der Waals surface area (Å²) in [6.07, 6.45) is -4.17.